The summed E-state index contributed by atoms with van der Waals surface area (Å²) in [6.45, 7) is 12.4. The summed E-state index contributed by atoms with van der Waals surface area (Å²) in [5.74, 6) is 0.671. The smallest absolute Gasteiger partial charge is 0.0277 e. The Kier molecular flexibility index (Phi) is 4.56. The Morgan fingerprint density at radius 2 is 2.00 bits per heavy atom. The van der Waals surface area contributed by atoms with Crippen LogP contribution in [0.1, 0.15) is 27.2 Å². The van der Waals surface area contributed by atoms with Gasteiger partial charge >= 0.3 is 0 Å². The SMILES string of the molecule is CCC(CN)CN1CCN(C)C(C)(C)C1. The third-order valence-corrected chi connectivity index (χ3v) is 3.82. The van der Waals surface area contributed by atoms with Crippen molar-refractivity contribution in [3.05, 3.63) is 0 Å². The molecule has 0 spiro atoms. The fourth-order valence-electron chi connectivity index (χ4n) is 2.23. The van der Waals surface area contributed by atoms with Gasteiger partial charge in [0.1, 0.15) is 0 Å². The van der Waals surface area contributed by atoms with E-state index in [4.69, 9.17) is 5.73 Å². The lowest BCUT2D eigenvalue weighted by molar-refractivity contribution is 0.0323. The summed E-state index contributed by atoms with van der Waals surface area (Å²) in [5, 5.41) is 0. The molecule has 3 nitrogen and oxygen atoms in total. The Hall–Kier alpha value is -0.120. The van der Waals surface area contributed by atoms with Gasteiger partial charge in [0.2, 0.25) is 0 Å². The van der Waals surface area contributed by atoms with Gasteiger partial charge in [0.15, 0.2) is 0 Å². The van der Waals surface area contributed by atoms with Crippen LogP contribution in [0.5, 0.6) is 0 Å². The molecular weight excluding hydrogens is 186 g/mol. The molecule has 1 saturated heterocycles. The zero-order valence-corrected chi connectivity index (χ0v) is 10.8. The maximum atomic E-state index is 5.76. The second-order valence-electron chi connectivity index (χ2n) is 5.48. The van der Waals surface area contributed by atoms with Gasteiger partial charge in [0, 0.05) is 31.7 Å². The van der Waals surface area contributed by atoms with E-state index in [1.807, 2.05) is 0 Å². The van der Waals surface area contributed by atoms with Crippen molar-refractivity contribution in [1.29, 1.82) is 0 Å². The van der Waals surface area contributed by atoms with Crippen molar-refractivity contribution in [2.75, 3.05) is 39.8 Å². The van der Waals surface area contributed by atoms with Gasteiger partial charge in [-0.15, -0.1) is 0 Å². The monoisotopic (exact) mass is 213 g/mol. The summed E-state index contributed by atoms with van der Waals surface area (Å²) in [4.78, 5) is 5.02. The average Bonchev–Trinajstić information content (AvgIpc) is 2.19. The molecule has 1 atom stereocenters. The van der Waals surface area contributed by atoms with Crippen LogP contribution >= 0.6 is 0 Å². The van der Waals surface area contributed by atoms with E-state index in [9.17, 15) is 0 Å². The van der Waals surface area contributed by atoms with Crippen LogP contribution in [0.2, 0.25) is 0 Å². The number of hydrogen-bond acceptors (Lipinski definition) is 3. The number of hydrogen-bond donors (Lipinski definition) is 1. The topological polar surface area (TPSA) is 32.5 Å². The highest BCUT2D eigenvalue weighted by Crippen LogP contribution is 2.19. The van der Waals surface area contributed by atoms with Gasteiger partial charge < -0.3 is 5.73 Å². The molecule has 1 fully saturated rings. The molecule has 90 valence electrons. The van der Waals surface area contributed by atoms with E-state index < -0.39 is 0 Å². The maximum Gasteiger partial charge on any atom is 0.0277 e. The zero-order chi connectivity index (χ0) is 11.5. The molecule has 0 aromatic carbocycles. The van der Waals surface area contributed by atoms with Crippen LogP contribution in [-0.2, 0) is 0 Å². The molecule has 1 aliphatic heterocycles. The highest BCUT2D eigenvalue weighted by molar-refractivity contribution is 4.88. The van der Waals surface area contributed by atoms with Gasteiger partial charge in [-0.2, -0.15) is 0 Å². The van der Waals surface area contributed by atoms with Crippen LogP contribution in [0.3, 0.4) is 0 Å². The van der Waals surface area contributed by atoms with E-state index in [0.29, 0.717) is 11.5 Å². The molecule has 1 heterocycles. The van der Waals surface area contributed by atoms with Crippen molar-refractivity contribution in [3.63, 3.8) is 0 Å². The summed E-state index contributed by atoms with van der Waals surface area (Å²) in [5.41, 5.74) is 6.07. The van der Waals surface area contributed by atoms with Crippen LogP contribution in [-0.4, -0.2) is 55.1 Å². The average molecular weight is 213 g/mol. The normalized spacial score (nSPS) is 25.4. The summed E-state index contributed by atoms with van der Waals surface area (Å²) in [6, 6.07) is 0. The highest BCUT2D eigenvalue weighted by Gasteiger charge is 2.31. The third kappa shape index (κ3) is 3.44. The van der Waals surface area contributed by atoms with Crippen molar-refractivity contribution in [2.45, 2.75) is 32.7 Å². The molecule has 0 amide bonds. The summed E-state index contributed by atoms with van der Waals surface area (Å²) >= 11 is 0. The molecule has 1 unspecified atom stereocenters. The highest BCUT2D eigenvalue weighted by atomic mass is 15.3. The molecule has 0 saturated carbocycles. The molecule has 1 aliphatic rings. The van der Waals surface area contributed by atoms with Gasteiger partial charge in [-0.05, 0) is 33.4 Å². The lowest BCUT2D eigenvalue weighted by atomic mass is 9.98. The van der Waals surface area contributed by atoms with Gasteiger partial charge in [0.05, 0.1) is 0 Å². The van der Waals surface area contributed by atoms with Gasteiger partial charge in [0.25, 0.3) is 0 Å². The lowest BCUT2D eigenvalue weighted by Crippen LogP contribution is -2.58. The molecule has 0 aromatic heterocycles. The van der Waals surface area contributed by atoms with Crippen molar-refractivity contribution in [2.24, 2.45) is 11.7 Å². The predicted octanol–water partition coefficient (Wildman–Crippen LogP) is 0.997. The van der Waals surface area contributed by atoms with Crippen molar-refractivity contribution >= 4 is 0 Å². The zero-order valence-electron chi connectivity index (χ0n) is 10.8. The first kappa shape index (κ1) is 12.9. The third-order valence-electron chi connectivity index (χ3n) is 3.82. The number of nitrogens with zero attached hydrogens (tertiary/aromatic N) is 2. The first-order valence-electron chi connectivity index (χ1n) is 6.13. The minimum absolute atomic E-state index is 0.311. The van der Waals surface area contributed by atoms with Crippen molar-refractivity contribution in [3.8, 4) is 0 Å². The molecule has 15 heavy (non-hydrogen) atoms. The van der Waals surface area contributed by atoms with E-state index in [1.165, 1.54) is 32.6 Å². The van der Waals surface area contributed by atoms with Crippen LogP contribution in [0.15, 0.2) is 0 Å². The second-order valence-corrected chi connectivity index (χ2v) is 5.48. The van der Waals surface area contributed by atoms with Crippen molar-refractivity contribution < 1.29 is 0 Å². The molecule has 0 bridgehead atoms. The van der Waals surface area contributed by atoms with Gasteiger partial charge in [-0.1, -0.05) is 13.3 Å². The lowest BCUT2D eigenvalue weighted by Gasteiger charge is -2.46. The molecule has 0 aromatic rings. The Labute approximate surface area is 94.6 Å². The molecule has 1 rings (SSSR count). The van der Waals surface area contributed by atoms with E-state index in [0.717, 1.165) is 6.54 Å². The molecular formula is C12H27N3. The predicted molar refractivity (Wildman–Crippen MR) is 66.0 cm³/mol. The maximum absolute atomic E-state index is 5.76. The van der Waals surface area contributed by atoms with Crippen LogP contribution in [0.25, 0.3) is 0 Å². The van der Waals surface area contributed by atoms with Crippen molar-refractivity contribution in [1.82, 2.24) is 9.80 Å². The Balaban J connectivity index is 2.45. The fourth-order valence-corrected chi connectivity index (χ4v) is 2.23. The Bertz CT molecular complexity index is 187. The summed E-state index contributed by atoms with van der Waals surface area (Å²) in [6.07, 6.45) is 1.20. The van der Waals surface area contributed by atoms with E-state index >= 15 is 0 Å². The minimum atomic E-state index is 0.311. The van der Waals surface area contributed by atoms with Crippen LogP contribution in [0, 0.1) is 5.92 Å². The van der Waals surface area contributed by atoms with Crippen LogP contribution < -0.4 is 5.73 Å². The van der Waals surface area contributed by atoms with Gasteiger partial charge in [-0.3, -0.25) is 9.80 Å². The van der Waals surface area contributed by atoms with E-state index in [2.05, 4.69) is 37.6 Å². The largest absolute Gasteiger partial charge is 0.330 e. The first-order chi connectivity index (χ1) is 6.99. The number of nitrogens with two attached hydrogens (primary N) is 1. The van der Waals surface area contributed by atoms with E-state index in [-0.39, 0.29) is 0 Å². The molecule has 3 heteroatoms. The summed E-state index contributed by atoms with van der Waals surface area (Å²) in [7, 11) is 2.22. The Morgan fingerprint density at radius 1 is 1.33 bits per heavy atom. The number of rotatable bonds is 4. The standard InChI is InChI=1S/C12H27N3/c1-5-11(8-13)9-15-7-6-14(4)12(2,3)10-15/h11H,5-10,13H2,1-4H3. The second kappa shape index (κ2) is 5.28. The first-order valence-corrected chi connectivity index (χ1v) is 6.13. The summed E-state index contributed by atoms with van der Waals surface area (Å²) < 4.78 is 0. The van der Waals surface area contributed by atoms with E-state index in [1.54, 1.807) is 0 Å². The number of piperazine rings is 1. The Morgan fingerprint density at radius 3 is 2.47 bits per heavy atom. The fraction of sp³-hybridized carbons (Fsp3) is 1.00. The quantitative estimate of drug-likeness (QED) is 0.756. The molecule has 0 aliphatic carbocycles. The van der Waals surface area contributed by atoms with Gasteiger partial charge in [-0.25, -0.2) is 0 Å². The number of likely N-dealkylation sites (N-methyl/N-ethyl adjacent to an activating group) is 1. The van der Waals surface area contributed by atoms with Crippen LogP contribution in [0.4, 0.5) is 0 Å². The minimum Gasteiger partial charge on any atom is -0.330 e. The molecule has 0 radical (unpaired) electrons. The molecule has 2 N–H and O–H groups in total.